The molecule has 1 saturated heterocycles. The first-order valence-corrected chi connectivity index (χ1v) is 8.34. The predicted octanol–water partition coefficient (Wildman–Crippen LogP) is 2.10. The molecule has 126 valence electrons. The third-order valence-corrected chi connectivity index (χ3v) is 4.94. The highest BCUT2D eigenvalue weighted by Crippen LogP contribution is 2.24. The normalized spacial score (nSPS) is 20.3. The van der Waals surface area contributed by atoms with Crippen molar-refractivity contribution in [1.29, 1.82) is 0 Å². The van der Waals surface area contributed by atoms with E-state index in [-0.39, 0.29) is 5.91 Å². The highest BCUT2D eigenvalue weighted by molar-refractivity contribution is 5.94. The molecule has 1 aromatic heterocycles. The van der Waals surface area contributed by atoms with E-state index in [4.69, 9.17) is 9.26 Å². The average molecular weight is 327 g/mol. The van der Waals surface area contributed by atoms with Crippen molar-refractivity contribution in [2.75, 3.05) is 31.6 Å². The van der Waals surface area contributed by atoms with Crippen LogP contribution in [0.1, 0.15) is 28.1 Å². The van der Waals surface area contributed by atoms with Crippen molar-refractivity contribution < 1.29 is 14.1 Å². The molecule has 0 radical (unpaired) electrons. The molecular formula is C18H21N3O3. The number of hydrogen-bond donors (Lipinski definition) is 0. The summed E-state index contributed by atoms with van der Waals surface area (Å²) < 4.78 is 10.6. The van der Waals surface area contributed by atoms with Gasteiger partial charge >= 0.3 is 0 Å². The summed E-state index contributed by atoms with van der Waals surface area (Å²) in [7, 11) is 1.76. The van der Waals surface area contributed by atoms with Crippen molar-refractivity contribution >= 4 is 11.6 Å². The van der Waals surface area contributed by atoms with Gasteiger partial charge in [0.05, 0.1) is 18.8 Å². The number of nitrogens with zero attached hydrogens (tertiary/aromatic N) is 3. The molecule has 6 heteroatoms. The SMILES string of the molecule is COC1CCN(c2ccc(C(=O)N3CCc4oncc4C3)cc2)C1. The maximum Gasteiger partial charge on any atom is 0.254 e. The lowest BCUT2D eigenvalue weighted by Crippen LogP contribution is -2.35. The van der Waals surface area contributed by atoms with Gasteiger partial charge in [0.25, 0.3) is 5.91 Å². The smallest absolute Gasteiger partial charge is 0.254 e. The van der Waals surface area contributed by atoms with Gasteiger partial charge in [0.1, 0.15) is 5.76 Å². The molecule has 24 heavy (non-hydrogen) atoms. The zero-order valence-corrected chi connectivity index (χ0v) is 13.8. The Balaban J connectivity index is 1.44. The standard InChI is InChI=1S/C18H21N3O3/c1-23-16-6-8-20(12-16)15-4-2-13(3-5-15)18(22)21-9-7-17-14(11-21)10-19-24-17/h2-5,10,16H,6-9,11-12H2,1H3. The van der Waals surface area contributed by atoms with Gasteiger partial charge in [-0.3, -0.25) is 4.79 Å². The van der Waals surface area contributed by atoms with Gasteiger partial charge in [-0.25, -0.2) is 0 Å². The Labute approximate surface area is 141 Å². The molecule has 1 atom stereocenters. The molecular weight excluding hydrogens is 306 g/mol. The van der Waals surface area contributed by atoms with E-state index >= 15 is 0 Å². The molecule has 3 heterocycles. The van der Waals surface area contributed by atoms with Crippen LogP contribution in [0.2, 0.25) is 0 Å². The van der Waals surface area contributed by atoms with Crippen molar-refractivity contribution in [3.05, 3.63) is 47.3 Å². The van der Waals surface area contributed by atoms with Crippen LogP contribution in [0.15, 0.2) is 35.0 Å². The molecule has 1 aromatic carbocycles. The van der Waals surface area contributed by atoms with E-state index < -0.39 is 0 Å². The second-order valence-corrected chi connectivity index (χ2v) is 6.39. The Morgan fingerprint density at radius 2 is 2.12 bits per heavy atom. The first-order valence-electron chi connectivity index (χ1n) is 8.34. The van der Waals surface area contributed by atoms with Crippen molar-refractivity contribution in [3.63, 3.8) is 0 Å². The molecule has 2 aliphatic rings. The Kier molecular flexibility index (Phi) is 3.98. The van der Waals surface area contributed by atoms with E-state index in [0.717, 1.165) is 48.5 Å². The van der Waals surface area contributed by atoms with Crippen LogP contribution < -0.4 is 4.90 Å². The van der Waals surface area contributed by atoms with Crippen molar-refractivity contribution in [2.24, 2.45) is 0 Å². The zero-order valence-electron chi connectivity index (χ0n) is 13.8. The van der Waals surface area contributed by atoms with Crippen LogP contribution in [-0.4, -0.2) is 48.8 Å². The van der Waals surface area contributed by atoms with Gasteiger partial charge in [-0.1, -0.05) is 5.16 Å². The minimum absolute atomic E-state index is 0.0598. The predicted molar refractivity (Wildman–Crippen MR) is 89.0 cm³/mol. The fourth-order valence-corrected chi connectivity index (χ4v) is 3.47. The summed E-state index contributed by atoms with van der Waals surface area (Å²) in [5.74, 6) is 0.959. The summed E-state index contributed by atoms with van der Waals surface area (Å²) in [6.45, 7) is 3.14. The van der Waals surface area contributed by atoms with Crippen LogP contribution in [-0.2, 0) is 17.7 Å². The topological polar surface area (TPSA) is 58.8 Å². The van der Waals surface area contributed by atoms with Crippen LogP contribution in [0.3, 0.4) is 0 Å². The first kappa shape index (κ1) is 15.2. The van der Waals surface area contributed by atoms with E-state index in [0.29, 0.717) is 19.2 Å². The third-order valence-electron chi connectivity index (χ3n) is 4.94. The largest absolute Gasteiger partial charge is 0.380 e. The number of amides is 1. The van der Waals surface area contributed by atoms with Gasteiger partial charge in [0, 0.05) is 50.0 Å². The molecule has 0 aliphatic carbocycles. The Hall–Kier alpha value is -2.34. The number of ether oxygens (including phenoxy) is 1. The Morgan fingerprint density at radius 3 is 2.88 bits per heavy atom. The molecule has 1 fully saturated rings. The number of rotatable bonds is 3. The average Bonchev–Trinajstić information content (AvgIpc) is 3.29. The fourth-order valence-electron chi connectivity index (χ4n) is 3.47. The molecule has 0 bridgehead atoms. The summed E-state index contributed by atoms with van der Waals surface area (Å²) in [6, 6.07) is 7.89. The highest BCUT2D eigenvalue weighted by atomic mass is 16.5. The lowest BCUT2D eigenvalue weighted by molar-refractivity contribution is 0.0729. The second kappa shape index (κ2) is 6.28. The van der Waals surface area contributed by atoms with Crippen LogP contribution in [0.25, 0.3) is 0 Å². The summed E-state index contributed by atoms with van der Waals surface area (Å²) in [6.07, 6.45) is 3.78. The lowest BCUT2D eigenvalue weighted by atomic mass is 10.1. The monoisotopic (exact) mass is 327 g/mol. The van der Waals surface area contributed by atoms with Crippen LogP contribution in [0, 0.1) is 0 Å². The summed E-state index contributed by atoms with van der Waals surface area (Å²) in [5.41, 5.74) is 2.88. The molecule has 6 nitrogen and oxygen atoms in total. The van der Waals surface area contributed by atoms with Gasteiger partial charge in [-0.2, -0.15) is 0 Å². The maximum absolute atomic E-state index is 12.7. The summed E-state index contributed by atoms with van der Waals surface area (Å²) in [5, 5.41) is 3.81. The van der Waals surface area contributed by atoms with Gasteiger partial charge < -0.3 is 19.1 Å². The number of methoxy groups -OCH3 is 1. The lowest BCUT2D eigenvalue weighted by Gasteiger charge is -2.26. The van der Waals surface area contributed by atoms with E-state index in [9.17, 15) is 4.79 Å². The van der Waals surface area contributed by atoms with Crippen molar-refractivity contribution in [2.45, 2.75) is 25.5 Å². The Morgan fingerprint density at radius 1 is 1.29 bits per heavy atom. The zero-order chi connectivity index (χ0) is 16.5. The number of hydrogen-bond acceptors (Lipinski definition) is 5. The minimum atomic E-state index is 0.0598. The van der Waals surface area contributed by atoms with E-state index in [1.54, 1.807) is 13.3 Å². The van der Waals surface area contributed by atoms with E-state index in [1.807, 2.05) is 29.2 Å². The van der Waals surface area contributed by atoms with Crippen LogP contribution in [0.5, 0.6) is 0 Å². The Bertz CT molecular complexity index is 725. The fraction of sp³-hybridized carbons (Fsp3) is 0.444. The number of carbonyl (C=O) groups excluding carboxylic acids is 1. The number of fused-ring (bicyclic) bond motifs is 1. The van der Waals surface area contributed by atoms with Gasteiger partial charge in [0.15, 0.2) is 0 Å². The van der Waals surface area contributed by atoms with E-state index in [2.05, 4.69) is 10.1 Å². The third kappa shape index (κ3) is 2.78. The highest BCUT2D eigenvalue weighted by Gasteiger charge is 2.25. The van der Waals surface area contributed by atoms with Gasteiger partial charge in [0.2, 0.25) is 0 Å². The molecule has 2 aliphatic heterocycles. The molecule has 0 spiro atoms. The van der Waals surface area contributed by atoms with Crippen molar-refractivity contribution in [1.82, 2.24) is 10.1 Å². The van der Waals surface area contributed by atoms with Crippen molar-refractivity contribution in [3.8, 4) is 0 Å². The molecule has 4 rings (SSSR count). The van der Waals surface area contributed by atoms with Crippen LogP contribution >= 0.6 is 0 Å². The number of benzene rings is 1. The second-order valence-electron chi connectivity index (χ2n) is 6.39. The summed E-state index contributed by atoms with van der Waals surface area (Å²) in [4.78, 5) is 16.9. The number of anilines is 1. The van der Waals surface area contributed by atoms with Gasteiger partial charge in [-0.15, -0.1) is 0 Å². The molecule has 2 aromatic rings. The number of carbonyl (C=O) groups is 1. The van der Waals surface area contributed by atoms with Crippen LogP contribution in [0.4, 0.5) is 5.69 Å². The number of aromatic nitrogens is 1. The summed E-state index contributed by atoms with van der Waals surface area (Å²) >= 11 is 0. The quantitative estimate of drug-likeness (QED) is 0.864. The molecule has 1 amide bonds. The molecule has 1 unspecified atom stereocenters. The maximum atomic E-state index is 12.7. The first-order chi connectivity index (χ1) is 11.7. The molecule has 0 N–H and O–H groups in total. The van der Waals surface area contributed by atoms with Gasteiger partial charge in [-0.05, 0) is 30.7 Å². The minimum Gasteiger partial charge on any atom is -0.380 e. The molecule has 0 saturated carbocycles. The van der Waals surface area contributed by atoms with E-state index in [1.165, 1.54) is 0 Å².